The highest BCUT2D eigenvalue weighted by molar-refractivity contribution is 6.49. The minimum Gasteiger partial charge on any atom is -0.194 e. The second-order valence-corrected chi connectivity index (χ2v) is 5.67. The van der Waals surface area contributed by atoms with Crippen LogP contribution in [-0.2, 0) is 6.42 Å². The largest absolute Gasteiger partial charge is 0.194 e. The Bertz CT molecular complexity index is 474. The summed E-state index contributed by atoms with van der Waals surface area (Å²) in [5.74, 6) is 0. The highest BCUT2D eigenvalue weighted by atomic mass is 35.5. The molecule has 0 N–H and O–H groups in total. The normalized spacial score (nSPS) is 10.3. The molecule has 0 spiro atoms. The molecular formula is C13H10Cl4N2. The number of halogens is 4. The van der Waals surface area contributed by atoms with Crippen LogP contribution in [0, 0.1) is 0 Å². The van der Waals surface area contributed by atoms with Crippen LogP contribution in [0.25, 0.3) is 0 Å². The zero-order valence-corrected chi connectivity index (χ0v) is 12.8. The van der Waals surface area contributed by atoms with Crippen molar-refractivity contribution in [2.24, 2.45) is 0 Å². The Kier molecular flexibility index (Phi) is 5.06. The van der Waals surface area contributed by atoms with Crippen molar-refractivity contribution in [2.75, 3.05) is 7.88 Å². The van der Waals surface area contributed by atoms with E-state index in [1.54, 1.807) is 0 Å². The maximum Gasteiger partial charge on any atom is 0.0710 e. The van der Waals surface area contributed by atoms with E-state index in [-0.39, 0.29) is 0 Å². The predicted octanol–water partition coefficient (Wildman–Crippen LogP) is 5.51. The fourth-order valence-electron chi connectivity index (χ4n) is 1.69. The summed E-state index contributed by atoms with van der Waals surface area (Å²) >= 11 is 22.5. The molecule has 19 heavy (non-hydrogen) atoms. The molecule has 0 saturated heterocycles. The number of benzene rings is 2. The molecule has 0 fully saturated rings. The quantitative estimate of drug-likeness (QED) is 0.680. The lowest BCUT2D eigenvalue weighted by molar-refractivity contribution is 1.19. The summed E-state index contributed by atoms with van der Waals surface area (Å²) in [5, 5.41) is 0. The summed E-state index contributed by atoms with van der Waals surface area (Å²) in [4.78, 5) is 0. The molecule has 0 saturated carbocycles. The van der Waals surface area contributed by atoms with Crippen LogP contribution in [0.15, 0.2) is 48.5 Å². The van der Waals surface area contributed by atoms with E-state index in [0.29, 0.717) is 0 Å². The maximum atomic E-state index is 5.63. The van der Waals surface area contributed by atoms with Crippen LogP contribution in [0.3, 0.4) is 0 Å². The summed E-state index contributed by atoms with van der Waals surface area (Å²) in [7, 11) is 0. The minimum atomic E-state index is 0.738. The van der Waals surface area contributed by atoms with Gasteiger partial charge in [-0.25, -0.2) is 0 Å². The lowest BCUT2D eigenvalue weighted by atomic mass is 10.0. The third-order valence-corrected chi connectivity index (χ3v) is 3.45. The first-order chi connectivity index (χ1) is 9.06. The lowest BCUT2D eigenvalue weighted by Gasteiger charge is -2.08. The topological polar surface area (TPSA) is 6.48 Å². The van der Waals surface area contributed by atoms with Crippen LogP contribution >= 0.6 is 47.1 Å². The molecule has 0 heterocycles. The number of hydrogen-bond donors (Lipinski definition) is 0. The Labute approximate surface area is 132 Å². The Morgan fingerprint density at radius 3 is 1.16 bits per heavy atom. The fraction of sp³-hybridized carbons (Fsp3) is 0.0769. The summed E-state index contributed by atoms with van der Waals surface area (Å²) in [6.45, 7) is 0. The first-order valence-corrected chi connectivity index (χ1v) is 6.83. The molecular weight excluding hydrogens is 326 g/mol. The zero-order valence-electron chi connectivity index (χ0n) is 9.73. The number of anilines is 2. The molecule has 0 unspecified atom stereocenters. The zero-order chi connectivity index (χ0) is 13.8. The lowest BCUT2D eigenvalue weighted by Crippen LogP contribution is -1.94. The van der Waals surface area contributed by atoms with Gasteiger partial charge in [0, 0.05) is 47.1 Å². The van der Waals surface area contributed by atoms with Gasteiger partial charge in [-0.1, -0.05) is 24.3 Å². The Morgan fingerprint density at radius 2 is 0.895 bits per heavy atom. The summed E-state index contributed by atoms with van der Waals surface area (Å²) in [6.07, 6.45) is 0.815. The third-order valence-electron chi connectivity index (χ3n) is 2.67. The highest BCUT2D eigenvalue weighted by Gasteiger charge is 2.02. The van der Waals surface area contributed by atoms with Crippen molar-refractivity contribution >= 4 is 58.5 Å². The maximum absolute atomic E-state index is 5.63. The van der Waals surface area contributed by atoms with Crippen LogP contribution in [0.1, 0.15) is 11.1 Å². The second kappa shape index (κ2) is 6.58. The average molecular weight is 336 g/mol. The average Bonchev–Trinajstić information content (AvgIpc) is 2.40. The van der Waals surface area contributed by atoms with Crippen LogP contribution in [0.4, 0.5) is 11.4 Å². The third kappa shape index (κ3) is 4.08. The smallest absolute Gasteiger partial charge is 0.0710 e. The van der Waals surface area contributed by atoms with Crippen molar-refractivity contribution in [1.29, 1.82) is 0 Å². The monoisotopic (exact) mass is 334 g/mol. The molecule has 0 bridgehead atoms. The van der Waals surface area contributed by atoms with Gasteiger partial charge in [0.25, 0.3) is 0 Å². The first kappa shape index (κ1) is 14.6. The number of nitrogens with zero attached hydrogens (tertiary/aromatic N) is 2. The van der Waals surface area contributed by atoms with E-state index >= 15 is 0 Å². The standard InChI is InChI=1S/C13H10Cl4N2/c14-18(15)12-5-1-10(2-6-12)9-11-3-7-13(8-4-11)19(16)17/h1-8H,9H2. The van der Waals surface area contributed by atoms with Gasteiger partial charge < -0.3 is 0 Å². The summed E-state index contributed by atoms with van der Waals surface area (Å²) in [6, 6.07) is 15.4. The molecule has 6 heteroatoms. The first-order valence-electron chi connectivity index (χ1n) is 5.47. The molecule has 0 aliphatic rings. The van der Waals surface area contributed by atoms with Crippen molar-refractivity contribution in [1.82, 2.24) is 0 Å². The van der Waals surface area contributed by atoms with Gasteiger partial charge in [0.1, 0.15) is 0 Å². The van der Waals surface area contributed by atoms with Gasteiger partial charge in [0.05, 0.1) is 11.4 Å². The van der Waals surface area contributed by atoms with Crippen molar-refractivity contribution in [2.45, 2.75) is 6.42 Å². The van der Waals surface area contributed by atoms with E-state index < -0.39 is 0 Å². The molecule has 0 radical (unpaired) electrons. The predicted molar refractivity (Wildman–Crippen MR) is 84.1 cm³/mol. The van der Waals surface area contributed by atoms with E-state index in [1.807, 2.05) is 48.5 Å². The van der Waals surface area contributed by atoms with Gasteiger partial charge in [-0.05, 0) is 41.8 Å². The number of hydrogen-bond acceptors (Lipinski definition) is 2. The second-order valence-electron chi connectivity index (χ2n) is 3.98. The Balaban J connectivity index is 2.08. The summed E-state index contributed by atoms with van der Waals surface area (Å²) < 4.78 is 2.07. The molecule has 0 atom stereocenters. The SMILES string of the molecule is ClN(Cl)c1ccc(Cc2ccc(N(Cl)Cl)cc2)cc1. The van der Waals surface area contributed by atoms with Crippen LogP contribution in [0.2, 0.25) is 0 Å². The van der Waals surface area contributed by atoms with E-state index in [4.69, 9.17) is 47.1 Å². The van der Waals surface area contributed by atoms with Crippen molar-refractivity contribution in [3.63, 3.8) is 0 Å². The van der Waals surface area contributed by atoms with Crippen LogP contribution in [-0.4, -0.2) is 0 Å². The van der Waals surface area contributed by atoms with Gasteiger partial charge in [0.15, 0.2) is 0 Å². The van der Waals surface area contributed by atoms with E-state index in [2.05, 4.69) is 0 Å². The van der Waals surface area contributed by atoms with E-state index in [9.17, 15) is 0 Å². The van der Waals surface area contributed by atoms with Gasteiger partial charge in [-0.2, -0.15) is 7.88 Å². The van der Waals surface area contributed by atoms with Gasteiger partial charge in [-0.3, -0.25) is 0 Å². The molecule has 0 aliphatic carbocycles. The molecule has 0 aromatic heterocycles. The molecule has 2 nitrogen and oxygen atoms in total. The van der Waals surface area contributed by atoms with Crippen molar-refractivity contribution < 1.29 is 0 Å². The van der Waals surface area contributed by atoms with Gasteiger partial charge in [0.2, 0.25) is 0 Å². The molecule has 2 aromatic carbocycles. The van der Waals surface area contributed by atoms with Gasteiger partial charge >= 0.3 is 0 Å². The van der Waals surface area contributed by atoms with Crippen LogP contribution in [0.5, 0.6) is 0 Å². The summed E-state index contributed by atoms with van der Waals surface area (Å²) in [5.41, 5.74) is 3.81. The molecule has 0 amide bonds. The molecule has 2 rings (SSSR count). The van der Waals surface area contributed by atoms with Gasteiger partial charge in [-0.15, -0.1) is 0 Å². The van der Waals surface area contributed by atoms with Crippen LogP contribution < -0.4 is 7.88 Å². The number of rotatable bonds is 4. The van der Waals surface area contributed by atoms with E-state index in [1.165, 1.54) is 11.1 Å². The highest BCUT2D eigenvalue weighted by Crippen LogP contribution is 2.22. The minimum absolute atomic E-state index is 0.738. The molecule has 0 aliphatic heterocycles. The van der Waals surface area contributed by atoms with E-state index in [0.717, 1.165) is 25.7 Å². The molecule has 2 aromatic rings. The Morgan fingerprint density at radius 1 is 0.579 bits per heavy atom. The Hall–Kier alpha value is -0.800. The fourth-order valence-corrected chi connectivity index (χ4v) is 2.14. The van der Waals surface area contributed by atoms with Crippen molar-refractivity contribution in [3.05, 3.63) is 59.7 Å². The molecule has 100 valence electrons. The van der Waals surface area contributed by atoms with Crippen molar-refractivity contribution in [3.8, 4) is 0 Å².